The van der Waals surface area contributed by atoms with Crippen molar-refractivity contribution in [3.05, 3.63) is 29.8 Å². The summed E-state index contributed by atoms with van der Waals surface area (Å²) in [5.74, 6) is 0.709. The molecule has 1 saturated heterocycles. The minimum absolute atomic E-state index is 0.709. The molecule has 1 aromatic rings. The molecule has 92 valence electrons. The van der Waals surface area contributed by atoms with E-state index in [9.17, 15) is 0 Å². The van der Waals surface area contributed by atoms with E-state index in [2.05, 4.69) is 39.8 Å². The van der Waals surface area contributed by atoms with Crippen molar-refractivity contribution in [1.29, 1.82) is 0 Å². The predicted molar refractivity (Wildman–Crippen MR) is 71.6 cm³/mol. The molecule has 0 aromatic heterocycles. The van der Waals surface area contributed by atoms with Gasteiger partial charge in [0.2, 0.25) is 0 Å². The summed E-state index contributed by atoms with van der Waals surface area (Å²) in [6.07, 6.45) is 1.28. The molecular formula is C14H21N3. The first-order chi connectivity index (χ1) is 8.43. The lowest BCUT2D eigenvalue weighted by atomic mass is 9.97. The molecule has 1 aromatic carbocycles. The van der Waals surface area contributed by atoms with Gasteiger partial charge < -0.3 is 15.5 Å². The monoisotopic (exact) mass is 231 g/mol. The minimum Gasteiger partial charge on any atom is -0.384 e. The minimum atomic E-state index is 0.709. The summed E-state index contributed by atoms with van der Waals surface area (Å²) in [7, 11) is 0. The van der Waals surface area contributed by atoms with Crippen molar-refractivity contribution in [2.24, 2.45) is 0 Å². The molecule has 0 radical (unpaired) electrons. The average Bonchev–Trinajstić information content (AvgIpc) is 2.81. The molecule has 3 nitrogen and oxygen atoms in total. The Morgan fingerprint density at radius 3 is 2.88 bits per heavy atom. The first kappa shape index (κ1) is 11.1. The lowest BCUT2D eigenvalue weighted by Gasteiger charge is -2.28. The van der Waals surface area contributed by atoms with Crippen molar-refractivity contribution in [3.8, 4) is 0 Å². The molecule has 0 saturated carbocycles. The number of rotatable bonds is 3. The Balaban J connectivity index is 1.56. The van der Waals surface area contributed by atoms with Crippen LogP contribution in [-0.4, -0.2) is 44.2 Å². The lowest BCUT2D eigenvalue weighted by molar-refractivity contribution is 0.234. The number of hydrogen-bond acceptors (Lipinski definition) is 3. The van der Waals surface area contributed by atoms with Crippen molar-refractivity contribution in [2.45, 2.75) is 12.3 Å². The molecule has 1 fully saturated rings. The van der Waals surface area contributed by atoms with Gasteiger partial charge in [-0.1, -0.05) is 18.2 Å². The molecule has 1 atom stereocenters. The maximum atomic E-state index is 3.51. The topological polar surface area (TPSA) is 27.3 Å². The van der Waals surface area contributed by atoms with E-state index in [4.69, 9.17) is 0 Å². The number of piperazine rings is 1. The number of hydrogen-bond donors (Lipinski definition) is 2. The van der Waals surface area contributed by atoms with E-state index in [1.165, 1.54) is 37.3 Å². The van der Waals surface area contributed by atoms with Gasteiger partial charge in [0.1, 0.15) is 0 Å². The second kappa shape index (κ2) is 5.07. The van der Waals surface area contributed by atoms with Crippen LogP contribution in [0.15, 0.2) is 24.3 Å². The molecule has 0 aliphatic carbocycles. The molecule has 2 aliphatic rings. The quantitative estimate of drug-likeness (QED) is 0.825. The third kappa shape index (κ3) is 2.45. The van der Waals surface area contributed by atoms with Gasteiger partial charge >= 0.3 is 0 Å². The van der Waals surface area contributed by atoms with Crippen LogP contribution in [0.25, 0.3) is 0 Å². The Bertz CT molecular complexity index is 371. The second-order valence-electron chi connectivity index (χ2n) is 5.05. The van der Waals surface area contributed by atoms with Crippen LogP contribution in [0.3, 0.4) is 0 Å². The number of fused-ring (bicyclic) bond motifs is 1. The lowest BCUT2D eigenvalue weighted by Crippen LogP contribution is -2.44. The molecule has 2 heterocycles. The van der Waals surface area contributed by atoms with E-state index in [-0.39, 0.29) is 0 Å². The van der Waals surface area contributed by atoms with Crippen molar-refractivity contribution in [1.82, 2.24) is 10.2 Å². The highest BCUT2D eigenvalue weighted by Gasteiger charge is 2.22. The standard InChI is InChI=1S/C14H21N3/c1-2-4-14-13(3-1)12(11-16-14)5-8-17-9-6-15-7-10-17/h1-4,12,15-16H,5-11H2. The fraction of sp³-hybridized carbons (Fsp3) is 0.571. The molecule has 2 N–H and O–H groups in total. The summed E-state index contributed by atoms with van der Waals surface area (Å²) in [6.45, 7) is 7.08. The molecule has 0 bridgehead atoms. The summed E-state index contributed by atoms with van der Waals surface area (Å²) < 4.78 is 0. The largest absolute Gasteiger partial charge is 0.384 e. The summed E-state index contributed by atoms with van der Waals surface area (Å²) in [6, 6.07) is 8.74. The van der Waals surface area contributed by atoms with Gasteiger partial charge in [-0.3, -0.25) is 0 Å². The Morgan fingerprint density at radius 2 is 2.00 bits per heavy atom. The van der Waals surface area contributed by atoms with Crippen LogP contribution in [0.1, 0.15) is 17.9 Å². The Hall–Kier alpha value is -1.06. The summed E-state index contributed by atoms with van der Waals surface area (Å²) in [5, 5.41) is 6.91. The molecular weight excluding hydrogens is 210 g/mol. The van der Waals surface area contributed by atoms with E-state index in [0.29, 0.717) is 5.92 Å². The molecule has 0 amide bonds. The maximum absolute atomic E-state index is 3.51. The molecule has 2 aliphatic heterocycles. The fourth-order valence-corrected chi connectivity index (χ4v) is 2.89. The number of nitrogens with one attached hydrogen (secondary N) is 2. The highest BCUT2D eigenvalue weighted by molar-refractivity contribution is 5.57. The van der Waals surface area contributed by atoms with Crippen LogP contribution in [-0.2, 0) is 0 Å². The average molecular weight is 231 g/mol. The van der Waals surface area contributed by atoms with Crippen molar-refractivity contribution < 1.29 is 0 Å². The summed E-state index contributed by atoms with van der Waals surface area (Å²) in [4.78, 5) is 2.58. The van der Waals surface area contributed by atoms with E-state index < -0.39 is 0 Å². The number of benzene rings is 1. The van der Waals surface area contributed by atoms with Crippen molar-refractivity contribution >= 4 is 5.69 Å². The van der Waals surface area contributed by atoms with Gasteiger partial charge in [0.25, 0.3) is 0 Å². The Kier molecular flexibility index (Phi) is 3.29. The fourth-order valence-electron chi connectivity index (χ4n) is 2.89. The molecule has 3 heteroatoms. The first-order valence-corrected chi connectivity index (χ1v) is 6.69. The number of anilines is 1. The number of nitrogens with zero attached hydrogens (tertiary/aromatic N) is 1. The summed E-state index contributed by atoms with van der Waals surface area (Å²) in [5.41, 5.74) is 2.86. The van der Waals surface area contributed by atoms with Crippen LogP contribution in [0.2, 0.25) is 0 Å². The van der Waals surface area contributed by atoms with Gasteiger partial charge in [0, 0.05) is 44.3 Å². The van der Waals surface area contributed by atoms with E-state index in [1.807, 2.05) is 0 Å². The third-order valence-corrected chi connectivity index (χ3v) is 3.94. The Morgan fingerprint density at radius 1 is 1.18 bits per heavy atom. The van der Waals surface area contributed by atoms with Gasteiger partial charge in [-0.15, -0.1) is 0 Å². The number of para-hydroxylation sites is 1. The third-order valence-electron chi connectivity index (χ3n) is 3.94. The van der Waals surface area contributed by atoms with E-state index in [1.54, 1.807) is 0 Å². The SMILES string of the molecule is c1ccc2c(c1)NCC2CCN1CCNCC1. The highest BCUT2D eigenvalue weighted by atomic mass is 15.2. The van der Waals surface area contributed by atoms with Gasteiger partial charge in [0.15, 0.2) is 0 Å². The smallest absolute Gasteiger partial charge is 0.0376 e. The zero-order valence-electron chi connectivity index (χ0n) is 10.3. The Labute approximate surface area is 103 Å². The van der Waals surface area contributed by atoms with E-state index in [0.717, 1.165) is 19.6 Å². The van der Waals surface area contributed by atoms with Crippen LogP contribution >= 0.6 is 0 Å². The molecule has 17 heavy (non-hydrogen) atoms. The predicted octanol–water partition coefficient (Wildman–Crippen LogP) is 1.49. The van der Waals surface area contributed by atoms with Crippen LogP contribution in [0.5, 0.6) is 0 Å². The van der Waals surface area contributed by atoms with Crippen LogP contribution in [0.4, 0.5) is 5.69 Å². The summed E-state index contributed by atoms with van der Waals surface area (Å²) >= 11 is 0. The zero-order valence-corrected chi connectivity index (χ0v) is 10.3. The van der Waals surface area contributed by atoms with Crippen LogP contribution < -0.4 is 10.6 Å². The first-order valence-electron chi connectivity index (χ1n) is 6.69. The van der Waals surface area contributed by atoms with Gasteiger partial charge in [-0.05, 0) is 24.6 Å². The molecule has 3 rings (SSSR count). The normalized spacial score (nSPS) is 24.4. The van der Waals surface area contributed by atoms with Crippen molar-refractivity contribution in [2.75, 3.05) is 44.6 Å². The van der Waals surface area contributed by atoms with Gasteiger partial charge in [-0.25, -0.2) is 0 Å². The van der Waals surface area contributed by atoms with E-state index >= 15 is 0 Å². The molecule has 0 spiro atoms. The second-order valence-corrected chi connectivity index (χ2v) is 5.05. The maximum Gasteiger partial charge on any atom is 0.0376 e. The molecule has 1 unspecified atom stereocenters. The van der Waals surface area contributed by atoms with Gasteiger partial charge in [0.05, 0.1) is 0 Å². The zero-order chi connectivity index (χ0) is 11.5. The van der Waals surface area contributed by atoms with Crippen LogP contribution in [0, 0.1) is 0 Å². The van der Waals surface area contributed by atoms with Crippen molar-refractivity contribution in [3.63, 3.8) is 0 Å². The highest BCUT2D eigenvalue weighted by Crippen LogP contribution is 2.33. The van der Waals surface area contributed by atoms with Gasteiger partial charge in [-0.2, -0.15) is 0 Å².